The van der Waals surface area contributed by atoms with Crippen LogP contribution in [0.4, 0.5) is 8.78 Å². The van der Waals surface area contributed by atoms with Crippen molar-refractivity contribution in [3.8, 4) is 0 Å². The van der Waals surface area contributed by atoms with E-state index in [1.807, 2.05) is 0 Å². The van der Waals surface area contributed by atoms with Crippen molar-refractivity contribution in [2.24, 2.45) is 0 Å². The lowest BCUT2D eigenvalue weighted by Gasteiger charge is -1.92. The zero-order chi connectivity index (χ0) is 9.14. The van der Waals surface area contributed by atoms with Crippen LogP contribution in [0.1, 0.15) is 14.1 Å². The topological polar surface area (TPSA) is 25.8 Å². The molecule has 0 saturated heterocycles. The smallest absolute Gasteiger partial charge is 0.228 e. The molecule has 0 saturated carbocycles. The van der Waals surface area contributed by atoms with E-state index in [9.17, 15) is 8.78 Å². The summed E-state index contributed by atoms with van der Waals surface area (Å²) in [6.45, 7) is 1.32. The number of aromatic nitrogens is 2. The van der Waals surface area contributed by atoms with E-state index in [2.05, 4.69) is 9.36 Å². The summed E-state index contributed by atoms with van der Waals surface area (Å²) in [7, 11) is 0. The highest BCUT2D eigenvalue weighted by Crippen LogP contribution is 2.11. The second kappa shape index (κ2) is 3.52. The molecule has 0 aromatic carbocycles. The van der Waals surface area contributed by atoms with Crippen LogP contribution < -0.4 is 0 Å². The van der Waals surface area contributed by atoms with Gasteiger partial charge in [-0.15, -0.1) is 0 Å². The van der Waals surface area contributed by atoms with E-state index in [0.29, 0.717) is 0 Å². The minimum Gasteiger partial charge on any atom is -0.228 e. The molecule has 0 atom stereocenters. The molecule has 2 nitrogen and oxygen atoms in total. The SMILES string of the molecule is [2H]c1nc(CC(C)=C(F)F)ns1. The molecule has 11 heavy (non-hydrogen) atoms. The molecule has 0 aliphatic rings. The van der Waals surface area contributed by atoms with Crippen molar-refractivity contribution in [3.05, 3.63) is 23.0 Å². The van der Waals surface area contributed by atoms with Crippen molar-refractivity contribution < 1.29 is 10.2 Å². The highest BCUT2D eigenvalue weighted by molar-refractivity contribution is 7.03. The summed E-state index contributed by atoms with van der Waals surface area (Å²) in [6, 6.07) is 0. The number of halogens is 2. The van der Waals surface area contributed by atoms with Gasteiger partial charge in [0.1, 0.15) is 11.3 Å². The fourth-order valence-corrected chi connectivity index (χ4v) is 0.940. The Kier molecular flexibility index (Phi) is 2.19. The zero-order valence-electron chi connectivity index (χ0n) is 6.77. The molecule has 1 rings (SSSR count). The Hall–Kier alpha value is -0.840. The van der Waals surface area contributed by atoms with Gasteiger partial charge in [0.15, 0.2) is 0 Å². The van der Waals surface area contributed by atoms with Crippen molar-refractivity contribution in [2.75, 3.05) is 0 Å². The van der Waals surface area contributed by atoms with Gasteiger partial charge in [0.2, 0.25) is 0 Å². The number of hydrogen-bond acceptors (Lipinski definition) is 3. The minimum absolute atomic E-state index is 0.0255. The zero-order valence-corrected chi connectivity index (χ0v) is 6.58. The van der Waals surface area contributed by atoms with E-state index >= 15 is 0 Å². The number of allylic oxidation sites excluding steroid dienone is 1. The van der Waals surface area contributed by atoms with Crippen LogP contribution >= 0.6 is 11.5 Å². The molecular weight excluding hydrogens is 170 g/mol. The van der Waals surface area contributed by atoms with Gasteiger partial charge in [-0.05, 0) is 24.0 Å². The van der Waals surface area contributed by atoms with Gasteiger partial charge < -0.3 is 0 Å². The normalized spacial score (nSPS) is 11.0. The third-order valence-corrected chi connectivity index (χ3v) is 1.59. The summed E-state index contributed by atoms with van der Waals surface area (Å²) in [5, 5.41) is 0. The molecule has 1 heterocycles. The third-order valence-electron chi connectivity index (χ3n) is 1.11. The molecule has 5 heteroatoms. The first-order chi connectivity index (χ1) is 5.59. The second-order valence-electron chi connectivity index (χ2n) is 2.02. The van der Waals surface area contributed by atoms with Gasteiger partial charge in [-0.25, -0.2) is 4.98 Å². The van der Waals surface area contributed by atoms with Crippen LogP contribution in [0.15, 0.2) is 17.1 Å². The van der Waals surface area contributed by atoms with E-state index in [0.717, 1.165) is 11.5 Å². The van der Waals surface area contributed by atoms with E-state index in [-0.39, 0.29) is 23.3 Å². The lowest BCUT2D eigenvalue weighted by atomic mass is 10.2. The fraction of sp³-hybridized carbons (Fsp3) is 0.333. The first kappa shape index (κ1) is 6.84. The Bertz CT molecular complexity index is 306. The first-order valence-electron chi connectivity index (χ1n) is 3.39. The fourth-order valence-electron chi connectivity index (χ4n) is 0.542. The van der Waals surface area contributed by atoms with E-state index in [1.165, 1.54) is 6.92 Å². The molecule has 0 spiro atoms. The highest BCUT2D eigenvalue weighted by Gasteiger charge is 2.03. The molecule has 0 aliphatic heterocycles. The standard InChI is InChI=1S/C6H6F2N2S/c1-4(6(7)8)2-5-9-3-11-10-5/h3H,2H2,1H3/i3D. The van der Waals surface area contributed by atoms with Crippen LogP contribution in [0.25, 0.3) is 0 Å². The van der Waals surface area contributed by atoms with Crippen LogP contribution in [0, 0.1) is 0 Å². The van der Waals surface area contributed by atoms with Crippen molar-refractivity contribution in [1.82, 2.24) is 9.36 Å². The summed E-state index contributed by atoms with van der Waals surface area (Å²) in [5.41, 5.74) is 0.00451. The summed E-state index contributed by atoms with van der Waals surface area (Å²) >= 11 is 0.896. The van der Waals surface area contributed by atoms with Crippen LogP contribution in [-0.4, -0.2) is 9.36 Å². The predicted molar refractivity (Wildman–Crippen MR) is 38.5 cm³/mol. The van der Waals surface area contributed by atoms with Crippen molar-refractivity contribution in [3.63, 3.8) is 0 Å². The molecular formula is C6H6F2N2S. The van der Waals surface area contributed by atoms with Crippen LogP contribution in [-0.2, 0) is 6.42 Å². The maximum atomic E-state index is 11.9. The second-order valence-corrected chi connectivity index (χ2v) is 2.57. The number of nitrogens with zero attached hydrogens (tertiary/aromatic N) is 2. The lowest BCUT2D eigenvalue weighted by molar-refractivity contribution is 0.409. The van der Waals surface area contributed by atoms with Crippen LogP contribution in [0.5, 0.6) is 0 Å². The molecule has 1 aromatic rings. The van der Waals surface area contributed by atoms with Crippen LogP contribution in [0.2, 0.25) is 0 Å². The Morgan fingerprint density at radius 2 is 2.55 bits per heavy atom. The Balaban J connectivity index is 2.71. The maximum Gasteiger partial charge on any atom is 0.269 e. The predicted octanol–water partition coefficient (Wildman–Crippen LogP) is 2.25. The average molecular weight is 177 g/mol. The summed E-state index contributed by atoms with van der Waals surface area (Å²) < 4.78 is 34.5. The quantitative estimate of drug-likeness (QED) is 0.692. The molecule has 1 aromatic heterocycles. The molecule has 0 radical (unpaired) electrons. The molecule has 60 valence electrons. The summed E-state index contributed by atoms with van der Waals surface area (Å²) in [5.74, 6) is 0.287. The molecule has 0 unspecified atom stereocenters. The molecule has 0 fully saturated rings. The van der Waals surface area contributed by atoms with Crippen molar-refractivity contribution in [2.45, 2.75) is 13.3 Å². The molecule has 0 aliphatic carbocycles. The van der Waals surface area contributed by atoms with Crippen LogP contribution in [0.3, 0.4) is 0 Å². The monoisotopic (exact) mass is 177 g/mol. The lowest BCUT2D eigenvalue weighted by Crippen LogP contribution is -1.89. The van der Waals surface area contributed by atoms with Gasteiger partial charge in [0, 0.05) is 6.42 Å². The Morgan fingerprint density at radius 1 is 1.82 bits per heavy atom. The summed E-state index contributed by atoms with van der Waals surface area (Å²) in [4.78, 5) is 3.64. The molecule has 0 bridgehead atoms. The van der Waals surface area contributed by atoms with Gasteiger partial charge in [-0.2, -0.15) is 13.2 Å². The van der Waals surface area contributed by atoms with Crippen molar-refractivity contribution >= 4 is 11.5 Å². The third kappa shape index (κ3) is 2.34. The first-order valence-corrected chi connectivity index (χ1v) is 3.67. The maximum absolute atomic E-state index is 11.9. The Labute approximate surface area is 68.2 Å². The Morgan fingerprint density at radius 3 is 3.00 bits per heavy atom. The van der Waals surface area contributed by atoms with Crippen molar-refractivity contribution in [1.29, 1.82) is 0 Å². The van der Waals surface area contributed by atoms with E-state index < -0.39 is 6.08 Å². The van der Waals surface area contributed by atoms with Gasteiger partial charge in [0.25, 0.3) is 6.08 Å². The molecule has 0 amide bonds. The number of rotatable bonds is 2. The minimum atomic E-state index is -1.70. The average Bonchev–Trinajstić information content (AvgIpc) is 2.35. The highest BCUT2D eigenvalue weighted by atomic mass is 32.1. The summed E-state index contributed by atoms with van der Waals surface area (Å²) in [6.07, 6.45) is -1.67. The van der Waals surface area contributed by atoms with E-state index in [4.69, 9.17) is 1.37 Å². The van der Waals surface area contributed by atoms with Gasteiger partial charge in [-0.3, -0.25) is 0 Å². The largest absolute Gasteiger partial charge is 0.269 e. The van der Waals surface area contributed by atoms with Gasteiger partial charge in [-0.1, -0.05) is 0 Å². The van der Waals surface area contributed by atoms with Gasteiger partial charge >= 0.3 is 0 Å². The number of hydrogen-bond donors (Lipinski definition) is 0. The molecule has 0 N–H and O–H groups in total. The van der Waals surface area contributed by atoms with E-state index in [1.54, 1.807) is 0 Å². The van der Waals surface area contributed by atoms with Gasteiger partial charge in [0.05, 0.1) is 1.37 Å².